The van der Waals surface area contributed by atoms with Gasteiger partial charge in [0.25, 0.3) is 0 Å². The van der Waals surface area contributed by atoms with Crippen LogP contribution in [-0.2, 0) is 9.92 Å². The molecule has 0 fully saturated rings. The predicted octanol–water partition coefficient (Wildman–Crippen LogP) is 3.85. The number of aromatic nitrogens is 1. The van der Waals surface area contributed by atoms with Crippen LogP contribution in [0.5, 0.6) is 0 Å². The van der Waals surface area contributed by atoms with Gasteiger partial charge in [-0.25, -0.2) is 9.35 Å². The molecule has 2 aromatic carbocycles. The maximum atomic E-state index is 12.6. The lowest BCUT2D eigenvalue weighted by molar-refractivity contribution is 0.678. The Hall–Kier alpha value is -1.82. The lowest BCUT2D eigenvalue weighted by atomic mass is 10.2. The molecule has 1 unspecified atom stereocenters. The number of H-pyrrole nitrogens is 1. The Balaban J connectivity index is 2.15. The SMILES string of the molecule is NS(=O)(=Nc1c[nH]c2ccccc12)c1ccc(Cl)cc1. The molecule has 3 N–H and O–H groups in total. The highest BCUT2D eigenvalue weighted by atomic mass is 35.5. The van der Waals surface area contributed by atoms with Gasteiger partial charge < -0.3 is 4.98 Å². The number of rotatable bonds is 2. The van der Waals surface area contributed by atoms with Crippen molar-refractivity contribution >= 4 is 38.1 Å². The van der Waals surface area contributed by atoms with Crippen molar-refractivity contribution in [2.75, 3.05) is 0 Å². The number of halogens is 1. The van der Waals surface area contributed by atoms with Gasteiger partial charge in [-0.1, -0.05) is 29.8 Å². The van der Waals surface area contributed by atoms with E-state index >= 15 is 0 Å². The van der Waals surface area contributed by atoms with Gasteiger partial charge in [0, 0.05) is 22.1 Å². The van der Waals surface area contributed by atoms with Crippen LogP contribution in [0.3, 0.4) is 0 Å². The lowest BCUT2D eigenvalue weighted by Gasteiger charge is -2.03. The molecule has 0 amide bonds. The first kappa shape index (κ1) is 13.2. The van der Waals surface area contributed by atoms with Crippen LogP contribution in [0.25, 0.3) is 10.9 Å². The molecule has 0 aliphatic heterocycles. The average Bonchev–Trinajstić information content (AvgIpc) is 2.82. The molecule has 0 aliphatic rings. The second-order valence-electron chi connectivity index (χ2n) is 4.33. The van der Waals surface area contributed by atoms with Gasteiger partial charge in [0.05, 0.1) is 10.6 Å². The number of nitrogens with one attached hydrogen (secondary N) is 1. The molecular formula is C14H12ClN3OS. The molecule has 0 bridgehead atoms. The quantitative estimate of drug-likeness (QED) is 0.741. The zero-order chi connectivity index (χ0) is 14.2. The van der Waals surface area contributed by atoms with E-state index in [1.165, 1.54) is 0 Å². The van der Waals surface area contributed by atoms with Gasteiger partial charge in [-0.05, 0) is 30.3 Å². The van der Waals surface area contributed by atoms with Gasteiger partial charge in [-0.15, -0.1) is 0 Å². The van der Waals surface area contributed by atoms with E-state index < -0.39 is 9.92 Å². The summed E-state index contributed by atoms with van der Waals surface area (Å²) < 4.78 is 16.8. The number of fused-ring (bicyclic) bond motifs is 1. The Labute approximate surface area is 121 Å². The number of benzene rings is 2. The molecule has 102 valence electrons. The number of nitrogens with two attached hydrogens (primary N) is 1. The number of nitrogens with zero attached hydrogens (tertiary/aromatic N) is 1. The van der Waals surface area contributed by atoms with E-state index in [9.17, 15) is 4.21 Å². The Morgan fingerprint density at radius 1 is 1.10 bits per heavy atom. The van der Waals surface area contributed by atoms with Crippen molar-refractivity contribution in [1.29, 1.82) is 0 Å². The zero-order valence-corrected chi connectivity index (χ0v) is 12.0. The first-order valence-electron chi connectivity index (χ1n) is 5.93. The normalized spacial score (nSPS) is 14.1. The summed E-state index contributed by atoms with van der Waals surface area (Å²) in [6.07, 6.45) is 1.70. The summed E-state index contributed by atoms with van der Waals surface area (Å²) in [5, 5.41) is 7.33. The summed E-state index contributed by atoms with van der Waals surface area (Å²) in [6.45, 7) is 0. The highest BCUT2D eigenvalue weighted by Crippen LogP contribution is 2.27. The summed E-state index contributed by atoms with van der Waals surface area (Å²) in [5.41, 5.74) is 1.51. The third-order valence-corrected chi connectivity index (χ3v) is 4.62. The minimum Gasteiger partial charge on any atom is -0.359 e. The van der Waals surface area contributed by atoms with E-state index in [1.807, 2.05) is 24.3 Å². The number of hydrogen-bond acceptors (Lipinski definition) is 2. The first-order chi connectivity index (χ1) is 9.56. The Morgan fingerprint density at radius 2 is 1.80 bits per heavy atom. The molecule has 0 radical (unpaired) electrons. The van der Waals surface area contributed by atoms with E-state index in [0.717, 1.165) is 10.9 Å². The van der Waals surface area contributed by atoms with Crippen LogP contribution in [0.1, 0.15) is 0 Å². The molecule has 0 spiro atoms. The lowest BCUT2D eigenvalue weighted by Crippen LogP contribution is -2.11. The van der Waals surface area contributed by atoms with E-state index in [-0.39, 0.29) is 0 Å². The maximum Gasteiger partial charge on any atom is 0.139 e. The van der Waals surface area contributed by atoms with Crippen LogP contribution in [0, 0.1) is 0 Å². The van der Waals surface area contributed by atoms with Crippen molar-refractivity contribution in [1.82, 2.24) is 4.98 Å². The predicted molar refractivity (Wildman–Crippen MR) is 82.4 cm³/mol. The van der Waals surface area contributed by atoms with Gasteiger partial charge in [-0.3, -0.25) is 0 Å². The van der Waals surface area contributed by atoms with Gasteiger partial charge in [0.2, 0.25) is 0 Å². The fraction of sp³-hybridized carbons (Fsp3) is 0. The number of para-hydroxylation sites is 1. The largest absolute Gasteiger partial charge is 0.359 e. The second kappa shape index (κ2) is 4.94. The van der Waals surface area contributed by atoms with Crippen molar-refractivity contribution in [2.45, 2.75) is 4.90 Å². The molecule has 1 heterocycles. The van der Waals surface area contributed by atoms with Crippen molar-refractivity contribution < 1.29 is 4.21 Å². The number of hydrogen-bond donors (Lipinski definition) is 2. The van der Waals surface area contributed by atoms with Crippen molar-refractivity contribution in [3.8, 4) is 0 Å². The molecule has 0 saturated carbocycles. The highest BCUT2D eigenvalue weighted by molar-refractivity contribution is 7.91. The monoisotopic (exact) mass is 305 g/mol. The van der Waals surface area contributed by atoms with Crippen LogP contribution >= 0.6 is 11.6 Å². The second-order valence-corrected chi connectivity index (χ2v) is 6.56. The highest BCUT2D eigenvalue weighted by Gasteiger charge is 2.09. The molecule has 20 heavy (non-hydrogen) atoms. The van der Waals surface area contributed by atoms with Crippen LogP contribution < -0.4 is 5.14 Å². The van der Waals surface area contributed by atoms with Gasteiger partial charge in [0.15, 0.2) is 0 Å². The van der Waals surface area contributed by atoms with E-state index in [1.54, 1.807) is 30.5 Å². The fourth-order valence-corrected chi connectivity index (χ4v) is 3.16. The summed E-state index contributed by atoms with van der Waals surface area (Å²) in [4.78, 5) is 3.53. The summed E-state index contributed by atoms with van der Waals surface area (Å²) >= 11 is 5.81. The third-order valence-electron chi connectivity index (χ3n) is 2.95. The maximum absolute atomic E-state index is 12.6. The smallest absolute Gasteiger partial charge is 0.139 e. The molecule has 3 aromatic rings. The molecule has 0 aliphatic carbocycles. The van der Waals surface area contributed by atoms with E-state index in [4.69, 9.17) is 16.7 Å². The van der Waals surface area contributed by atoms with Gasteiger partial charge in [-0.2, -0.15) is 4.36 Å². The molecule has 1 atom stereocenters. The Bertz CT molecular complexity index is 877. The van der Waals surface area contributed by atoms with Crippen LogP contribution in [0.2, 0.25) is 5.02 Å². The van der Waals surface area contributed by atoms with Crippen LogP contribution in [0.4, 0.5) is 5.69 Å². The van der Waals surface area contributed by atoms with Crippen LogP contribution in [0.15, 0.2) is 64.0 Å². The van der Waals surface area contributed by atoms with Gasteiger partial charge >= 0.3 is 0 Å². The first-order valence-corrected chi connectivity index (χ1v) is 7.88. The van der Waals surface area contributed by atoms with Crippen LogP contribution in [-0.4, -0.2) is 9.19 Å². The molecule has 1 aromatic heterocycles. The standard InChI is InChI=1S/C14H12ClN3OS/c15-10-5-7-11(8-6-10)20(16,19)18-14-9-17-13-4-2-1-3-12(13)14/h1-9,17H,(H2,16,18,19). The number of aromatic amines is 1. The molecule has 0 saturated heterocycles. The molecular weight excluding hydrogens is 294 g/mol. The zero-order valence-electron chi connectivity index (χ0n) is 10.4. The minimum absolute atomic E-state index is 0.451. The van der Waals surface area contributed by atoms with Gasteiger partial charge in [0.1, 0.15) is 9.92 Å². The fourth-order valence-electron chi connectivity index (χ4n) is 1.96. The molecule has 4 nitrogen and oxygen atoms in total. The molecule has 6 heteroatoms. The summed E-state index contributed by atoms with van der Waals surface area (Å²) in [6, 6.07) is 14.2. The van der Waals surface area contributed by atoms with E-state index in [2.05, 4.69) is 9.35 Å². The summed E-state index contributed by atoms with van der Waals surface area (Å²) in [7, 11) is -3.00. The van der Waals surface area contributed by atoms with Crippen molar-refractivity contribution in [3.63, 3.8) is 0 Å². The van der Waals surface area contributed by atoms with Crippen molar-refractivity contribution in [2.24, 2.45) is 9.50 Å². The Morgan fingerprint density at radius 3 is 2.55 bits per heavy atom. The van der Waals surface area contributed by atoms with E-state index in [0.29, 0.717) is 15.6 Å². The topological polar surface area (TPSA) is 71.2 Å². The Kier molecular flexibility index (Phi) is 3.25. The average molecular weight is 306 g/mol. The van der Waals surface area contributed by atoms with Crippen molar-refractivity contribution in [3.05, 3.63) is 59.8 Å². The third kappa shape index (κ3) is 2.43. The molecule has 3 rings (SSSR count). The minimum atomic E-state index is -3.00. The summed E-state index contributed by atoms with van der Waals surface area (Å²) in [5.74, 6) is 0.